The molecule has 0 saturated heterocycles. The summed E-state index contributed by atoms with van der Waals surface area (Å²) in [4.78, 5) is 0.0261. The second-order valence-electron chi connectivity index (χ2n) is 2.10. The molecule has 7 heteroatoms. The van der Waals surface area contributed by atoms with E-state index in [4.69, 9.17) is 4.55 Å². The molecule has 1 unspecified atom stereocenters. The summed E-state index contributed by atoms with van der Waals surface area (Å²) in [7, 11) is 0. The Morgan fingerprint density at radius 3 is 2.57 bits per heavy atom. The monoisotopic (exact) mass is 232 g/mol. The van der Waals surface area contributed by atoms with Crippen molar-refractivity contribution in [2.75, 3.05) is 0 Å². The summed E-state index contributed by atoms with van der Waals surface area (Å²) in [5, 5.41) is 0. The van der Waals surface area contributed by atoms with Crippen LogP contribution >= 0.6 is 0 Å². The Hall–Kier alpha value is -0.0100. The Balaban J connectivity index is 0.00000169. The van der Waals surface area contributed by atoms with Gasteiger partial charge in [0, 0.05) is 0 Å². The number of halogens is 2. The average Bonchev–Trinajstić information content (AvgIpc) is 2.03. The first-order valence-corrected chi connectivity index (χ1v) is 4.36. The molecule has 14 heavy (non-hydrogen) atoms. The van der Waals surface area contributed by atoms with Gasteiger partial charge in [0.15, 0.2) is 11.1 Å². The molecule has 0 saturated carbocycles. The van der Waals surface area contributed by atoms with Crippen molar-refractivity contribution in [3.8, 4) is 5.75 Å². The topological polar surface area (TPSA) is 46.5 Å². The van der Waals surface area contributed by atoms with E-state index in [9.17, 15) is 13.0 Å². The van der Waals surface area contributed by atoms with E-state index < -0.39 is 17.7 Å². The third-order valence-electron chi connectivity index (χ3n) is 1.23. The van der Waals surface area contributed by atoms with Gasteiger partial charge in [-0.1, -0.05) is 6.07 Å². The molecule has 0 aliphatic heterocycles. The second-order valence-corrected chi connectivity index (χ2v) is 3.07. The molecule has 1 aromatic rings. The third-order valence-corrected chi connectivity index (χ3v) is 1.89. The van der Waals surface area contributed by atoms with E-state index in [1.54, 1.807) is 0 Å². The number of hydrogen-bond acceptors (Lipinski definition) is 2. The molecule has 0 fully saturated rings. The first-order chi connectivity index (χ1) is 6.09. The van der Waals surface area contributed by atoms with Gasteiger partial charge < -0.3 is 9.29 Å². The van der Waals surface area contributed by atoms with Crippen molar-refractivity contribution in [1.82, 2.24) is 0 Å². The van der Waals surface area contributed by atoms with Crippen LogP contribution < -0.4 is 4.74 Å². The number of rotatable bonds is 3. The van der Waals surface area contributed by atoms with Gasteiger partial charge in [0.1, 0.15) is 5.75 Å². The van der Waals surface area contributed by atoms with E-state index in [0.29, 0.717) is 0 Å². The van der Waals surface area contributed by atoms with Gasteiger partial charge in [-0.2, -0.15) is 8.78 Å². The predicted molar refractivity (Wildman–Crippen MR) is 49.3 cm³/mol. The molecule has 0 aliphatic rings. The van der Waals surface area contributed by atoms with Gasteiger partial charge in [0.25, 0.3) is 0 Å². The van der Waals surface area contributed by atoms with Crippen LogP contribution in [0.3, 0.4) is 0 Å². The third kappa shape index (κ3) is 4.47. The maximum absolute atomic E-state index is 11.7. The minimum atomic E-state index is -2.93. The molecule has 1 rings (SSSR count). The zero-order valence-electron chi connectivity index (χ0n) is 6.31. The van der Waals surface area contributed by atoms with E-state index in [2.05, 4.69) is 4.74 Å². The van der Waals surface area contributed by atoms with Gasteiger partial charge in [0.2, 0.25) is 0 Å². The summed E-state index contributed by atoms with van der Waals surface area (Å²) in [6, 6.07) is 5.07. The fourth-order valence-corrected chi connectivity index (χ4v) is 1.17. The zero-order chi connectivity index (χ0) is 9.84. The maximum atomic E-state index is 11.7. The van der Waals surface area contributed by atoms with Gasteiger partial charge in [-0.05, 0) is 18.2 Å². The fraction of sp³-hybridized carbons (Fsp3) is 0.143. The van der Waals surface area contributed by atoms with Gasteiger partial charge in [-0.25, -0.2) is 4.21 Å². The molecule has 0 bridgehead atoms. The normalized spacial score (nSPS) is 12.0. The molecule has 1 aromatic carbocycles. The van der Waals surface area contributed by atoms with Crippen molar-refractivity contribution < 1.29 is 22.3 Å². The molecule has 0 amide bonds. The van der Waals surface area contributed by atoms with Gasteiger partial charge in [-0.3, -0.25) is 0 Å². The Kier molecular flexibility index (Phi) is 6.46. The summed E-state index contributed by atoms with van der Waals surface area (Å²) in [5.74, 6) is -0.130. The first kappa shape index (κ1) is 14.0. The van der Waals surface area contributed by atoms with Crippen molar-refractivity contribution in [2.45, 2.75) is 11.5 Å². The average molecular weight is 232 g/mol. The Bertz CT molecular complexity index is 322. The molecule has 1 atom stereocenters. The van der Waals surface area contributed by atoms with Crippen molar-refractivity contribution in [2.24, 2.45) is 0 Å². The van der Waals surface area contributed by atoms with Crippen LogP contribution in [0.15, 0.2) is 29.2 Å². The van der Waals surface area contributed by atoms with E-state index in [1.807, 2.05) is 0 Å². The van der Waals surface area contributed by atoms with Crippen molar-refractivity contribution in [3.63, 3.8) is 0 Å². The van der Waals surface area contributed by atoms with Crippen LogP contribution in [0.4, 0.5) is 8.78 Å². The molecule has 0 radical (unpaired) electrons. The van der Waals surface area contributed by atoms with Gasteiger partial charge in [0.05, 0.1) is 4.90 Å². The number of ether oxygens (including phenoxy) is 1. The summed E-state index contributed by atoms with van der Waals surface area (Å²) in [6.07, 6.45) is 0. The standard InChI is InChI=1S/C7H6F2O3S.Na.H/c8-7(9)12-5-2-1-3-6(4-5)13(10)11;;/h1-4,7H,(H,10,11);;. The van der Waals surface area contributed by atoms with Crippen LogP contribution in [0.25, 0.3) is 0 Å². The molecule has 0 spiro atoms. The molecular formula is C7H7F2NaO3S. The van der Waals surface area contributed by atoms with Crippen LogP contribution in [0.5, 0.6) is 5.75 Å². The van der Waals surface area contributed by atoms with Crippen LogP contribution in [0.1, 0.15) is 0 Å². The molecule has 0 heterocycles. The van der Waals surface area contributed by atoms with Crippen LogP contribution in [-0.2, 0) is 11.1 Å². The Morgan fingerprint density at radius 1 is 1.43 bits per heavy atom. The molecule has 1 N–H and O–H groups in total. The summed E-state index contributed by atoms with van der Waals surface area (Å²) < 4.78 is 46.5. The number of alkyl halides is 2. The molecule has 0 aliphatic carbocycles. The van der Waals surface area contributed by atoms with Crippen LogP contribution in [-0.4, -0.2) is 44.9 Å². The van der Waals surface area contributed by atoms with Crippen molar-refractivity contribution in [3.05, 3.63) is 24.3 Å². The number of hydrogen-bond donors (Lipinski definition) is 1. The van der Waals surface area contributed by atoms with Crippen LogP contribution in [0.2, 0.25) is 0 Å². The van der Waals surface area contributed by atoms with E-state index in [-0.39, 0.29) is 40.2 Å². The zero-order valence-corrected chi connectivity index (χ0v) is 7.13. The quantitative estimate of drug-likeness (QED) is 0.629. The summed E-state index contributed by atoms with van der Waals surface area (Å²) >= 11 is -2.18. The molecule has 74 valence electrons. The van der Waals surface area contributed by atoms with Crippen LogP contribution in [0, 0.1) is 0 Å². The fourth-order valence-electron chi connectivity index (χ4n) is 0.759. The minimum absolute atomic E-state index is 0. The van der Waals surface area contributed by atoms with Crippen molar-refractivity contribution in [1.29, 1.82) is 0 Å². The summed E-state index contributed by atoms with van der Waals surface area (Å²) in [5.41, 5.74) is 0. The van der Waals surface area contributed by atoms with E-state index in [1.165, 1.54) is 18.2 Å². The molecule has 3 nitrogen and oxygen atoms in total. The predicted octanol–water partition coefficient (Wildman–Crippen LogP) is 1.22. The van der Waals surface area contributed by atoms with E-state index in [0.717, 1.165) is 6.07 Å². The van der Waals surface area contributed by atoms with Gasteiger partial charge in [-0.15, -0.1) is 0 Å². The second kappa shape index (κ2) is 6.47. The SMILES string of the molecule is O=S(O)c1cccc(OC(F)F)c1.[NaH]. The van der Waals surface area contributed by atoms with Gasteiger partial charge >= 0.3 is 36.2 Å². The summed E-state index contributed by atoms with van der Waals surface area (Å²) in [6.45, 7) is -2.93. The van der Waals surface area contributed by atoms with Crippen molar-refractivity contribution >= 4 is 40.6 Å². The number of benzene rings is 1. The molecular weight excluding hydrogens is 225 g/mol. The Morgan fingerprint density at radius 2 is 2.07 bits per heavy atom. The molecule has 0 aromatic heterocycles. The first-order valence-electron chi connectivity index (χ1n) is 3.25. The Labute approximate surface area is 104 Å². The van der Waals surface area contributed by atoms with E-state index >= 15 is 0 Å².